The summed E-state index contributed by atoms with van der Waals surface area (Å²) in [5.74, 6) is 0.523. The van der Waals surface area contributed by atoms with Gasteiger partial charge in [0.2, 0.25) is 5.91 Å². The van der Waals surface area contributed by atoms with E-state index in [1.165, 1.54) is 17.8 Å². The molecule has 0 saturated carbocycles. The molecule has 0 unspecified atom stereocenters. The number of amides is 1. The van der Waals surface area contributed by atoms with E-state index in [0.29, 0.717) is 10.8 Å². The van der Waals surface area contributed by atoms with Gasteiger partial charge in [-0.3, -0.25) is 4.79 Å². The van der Waals surface area contributed by atoms with Crippen LogP contribution < -0.4 is 16.8 Å². The third-order valence-electron chi connectivity index (χ3n) is 3.74. The van der Waals surface area contributed by atoms with Crippen LogP contribution >= 0.6 is 11.8 Å². The smallest absolute Gasteiger partial charge is 0.234 e. The Balaban J connectivity index is 1.49. The molecule has 0 aliphatic carbocycles. The second kappa shape index (κ2) is 6.57. The van der Waals surface area contributed by atoms with Gasteiger partial charge in [-0.25, -0.2) is 9.97 Å². The fourth-order valence-electron chi connectivity index (χ4n) is 2.66. The second-order valence-corrected chi connectivity index (χ2v) is 6.59. The Morgan fingerprint density at radius 3 is 2.54 bits per heavy atom. The number of aromatic nitrogens is 2. The van der Waals surface area contributed by atoms with Crippen LogP contribution in [0.5, 0.6) is 0 Å². The highest BCUT2D eigenvalue weighted by atomic mass is 32.2. The fourth-order valence-corrected chi connectivity index (χ4v) is 3.33. The molecule has 0 saturated heterocycles. The number of nitrogen functional groups attached to an aromatic ring is 2. The van der Waals surface area contributed by atoms with E-state index in [2.05, 4.69) is 15.3 Å². The predicted octanol–water partition coefficient (Wildman–Crippen LogP) is 3.27. The summed E-state index contributed by atoms with van der Waals surface area (Å²) in [6, 6.07) is 14.8. The number of fused-ring (bicyclic) bond motifs is 3. The minimum atomic E-state index is -0.174. The molecule has 7 nitrogen and oxygen atoms in total. The van der Waals surface area contributed by atoms with Crippen molar-refractivity contribution in [2.75, 3.05) is 22.5 Å². The van der Waals surface area contributed by atoms with Crippen LogP contribution in [0.15, 0.2) is 58.1 Å². The zero-order valence-corrected chi connectivity index (χ0v) is 14.4. The summed E-state index contributed by atoms with van der Waals surface area (Å²) in [4.78, 5) is 20.3. The first kappa shape index (κ1) is 16.2. The van der Waals surface area contributed by atoms with Crippen LogP contribution in [0.2, 0.25) is 0 Å². The lowest BCUT2D eigenvalue weighted by Crippen LogP contribution is -2.14. The van der Waals surface area contributed by atoms with Crippen LogP contribution in [0.1, 0.15) is 0 Å². The molecule has 2 aromatic carbocycles. The first-order valence-corrected chi connectivity index (χ1v) is 8.81. The minimum Gasteiger partial charge on any atom is -0.456 e. The van der Waals surface area contributed by atoms with Crippen molar-refractivity contribution in [3.05, 3.63) is 48.5 Å². The van der Waals surface area contributed by atoms with Crippen molar-refractivity contribution in [1.82, 2.24) is 9.97 Å². The number of hydrogen-bond donors (Lipinski definition) is 3. The summed E-state index contributed by atoms with van der Waals surface area (Å²) in [5, 5.41) is 5.21. The molecular weight excluding hydrogens is 350 g/mol. The van der Waals surface area contributed by atoms with Crippen molar-refractivity contribution in [2.24, 2.45) is 0 Å². The summed E-state index contributed by atoms with van der Waals surface area (Å²) in [5.41, 5.74) is 13.5. The molecule has 0 radical (unpaired) electrons. The van der Waals surface area contributed by atoms with E-state index in [1.807, 2.05) is 42.5 Å². The molecule has 4 aromatic rings. The molecule has 1 amide bonds. The van der Waals surface area contributed by atoms with Crippen molar-refractivity contribution >= 4 is 56.9 Å². The number of thioether (sulfide) groups is 1. The van der Waals surface area contributed by atoms with E-state index in [0.717, 1.165) is 21.9 Å². The highest BCUT2D eigenvalue weighted by molar-refractivity contribution is 7.99. The van der Waals surface area contributed by atoms with Gasteiger partial charge >= 0.3 is 0 Å². The molecule has 0 fully saturated rings. The summed E-state index contributed by atoms with van der Waals surface area (Å²) in [6.07, 6.45) is 0. The molecule has 0 aliphatic rings. The van der Waals surface area contributed by atoms with Crippen LogP contribution in [-0.4, -0.2) is 21.6 Å². The Hall–Kier alpha value is -3.26. The zero-order valence-electron chi connectivity index (χ0n) is 13.6. The number of para-hydroxylation sites is 1. The van der Waals surface area contributed by atoms with Gasteiger partial charge in [0, 0.05) is 22.5 Å². The number of carbonyl (C=O) groups excluding carboxylic acids is 1. The molecule has 2 heterocycles. The molecule has 0 aliphatic heterocycles. The van der Waals surface area contributed by atoms with Crippen LogP contribution in [-0.2, 0) is 4.79 Å². The van der Waals surface area contributed by atoms with Crippen molar-refractivity contribution in [1.29, 1.82) is 0 Å². The van der Waals surface area contributed by atoms with Gasteiger partial charge < -0.3 is 21.2 Å². The number of nitrogens with one attached hydrogen (secondary N) is 1. The monoisotopic (exact) mass is 365 g/mol. The van der Waals surface area contributed by atoms with Gasteiger partial charge in [-0.2, -0.15) is 0 Å². The van der Waals surface area contributed by atoms with Crippen LogP contribution in [0.4, 0.5) is 17.3 Å². The number of carbonyl (C=O) groups is 1. The Morgan fingerprint density at radius 2 is 1.73 bits per heavy atom. The SMILES string of the molecule is Nc1cc(N)nc(SCC(=O)Nc2ccc3oc4ccccc4c3c2)n1. The standard InChI is InChI=1S/C18H15N5O2S/c19-15-8-16(20)23-18(22-15)26-9-17(24)21-10-5-6-14-12(7-10)11-3-1-2-4-13(11)25-14/h1-8H,9H2,(H,21,24)(H4,19,20,22,23). The van der Waals surface area contributed by atoms with E-state index in [1.54, 1.807) is 0 Å². The average Bonchev–Trinajstić information content (AvgIpc) is 2.97. The number of benzene rings is 2. The van der Waals surface area contributed by atoms with Gasteiger partial charge in [0.1, 0.15) is 22.8 Å². The number of hydrogen-bond acceptors (Lipinski definition) is 7. The summed E-state index contributed by atoms with van der Waals surface area (Å²) in [7, 11) is 0. The Morgan fingerprint density at radius 1 is 1.00 bits per heavy atom. The molecule has 2 aromatic heterocycles. The number of nitrogens with two attached hydrogens (primary N) is 2. The van der Waals surface area contributed by atoms with Gasteiger partial charge in [0.05, 0.1) is 5.75 Å². The lowest BCUT2D eigenvalue weighted by molar-refractivity contribution is -0.113. The molecular formula is C18H15N5O2S. The van der Waals surface area contributed by atoms with Gasteiger partial charge in [-0.05, 0) is 24.3 Å². The molecule has 0 bridgehead atoms. The lowest BCUT2D eigenvalue weighted by Gasteiger charge is -2.05. The molecule has 0 atom stereocenters. The quantitative estimate of drug-likeness (QED) is 0.375. The summed E-state index contributed by atoms with van der Waals surface area (Å²) < 4.78 is 5.78. The van der Waals surface area contributed by atoms with Gasteiger partial charge in [0.15, 0.2) is 5.16 Å². The van der Waals surface area contributed by atoms with Gasteiger partial charge in [-0.1, -0.05) is 30.0 Å². The van der Waals surface area contributed by atoms with Gasteiger partial charge in [-0.15, -0.1) is 0 Å². The van der Waals surface area contributed by atoms with Gasteiger partial charge in [0.25, 0.3) is 0 Å². The third kappa shape index (κ3) is 3.27. The number of anilines is 3. The first-order valence-electron chi connectivity index (χ1n) is 7.82. The number of nitrogens with zero attached hydrogens (tertiary/aromatic N) is 2. The second-order valence-electron chi connectivity index (χ2n) is 5.65. The third-order valence-corrected chi connectivity index (χ3v) is 4.59. The van der Waals surface area contributed by atoms with Crippen LogP contribution in [0, 0.1) is 0 Å². The molecule has 4 rings (SSSR count). The van der Waals surface area contributed by atoms with E-state index in [4.69, 9.17) is 15.9 Å². The predicted molar refractivity (Wildman–Crippen MR) is 104 cm³/mol. The van der Waals surface area contributed by atoms with Crippen molar-refractivity contribution in [3.63, 3.8) is 0 Å². The van der Waals surface area contributed by atoms with Crippen molar-refractivity contribution in [2.45, 2.75) is 5.16 Å². The minimum absolute atomic E-state index is 0.146. The lowest BCUT2D eigenvalue weighted by atomic mass is 10.1. The summed E-state index contributed by atoms with van der Waals surface area (Å²) in [6.45, 7) is 0. The molecule has 8 heteroatoms. The van der Waals surface area contributed by atoms with E-state index in [-0.39, 0.29) is 23.3 Å². The average molecular weight is 365 g/mol. The molecule has 130 valence electrons. The topological polar surface area (TPSA) is 120 Å². The maximum atomic E-state index is 12.2. The van der Waals surface area contributed by atoms with E-state index in [9.17, 15) is 4.79 Å². The maximum Gasteiger partial charge on any atom is 0.234 e. The molecule has 5 N–H and O–H groups in total. The summed E-state index contributed by atoms with van der Waals surface area (Å²) >= 11 is 1.17. The first-order chi connectivity index (χ1) is 12.6. The largest absolute Gasteiger partial charge is 0.456 e. The number of rotatable bonds is 4. The Kier molecular flexibility index (Phi) is 4.10. The Labute approximate surface area is 152 Å². The van der Waals surface area contributed by atoms with Crippen molar-refractivity contribution < 1.29 is 9.21 Å². The highest BCUT2D eigenvalue weighted by Crippen LogP contribution is 2.30. The Bertz CT molecular complexity index is 1100. The van der Waals surface area contributed by atoms with Crippen LogP contribution in [0.3, 0.4) is 0 Å². The normalized spacial score (nSPS) is 11.1. The number of furan rings is 1. The van der Waals surface area contributed by atoms with Crippen LogP contribution in [0.25, 0.3) is 21.9 Å². The zero-order chi connectivity index (χ0) is 18.1. The van der Waals surface area contributed by atoms with E-state index < -0.39 is 0 Å². The highest BCUT2D eigenvalue weighted by Gasteiger charge is 2.10. The van der Waals surface area contributed by atoms with E-state index >= 15 is 0 Å². The molecule has 26 heavy (non-hydrogen) atoms. The van der Waals surface area contributed by atoms with Crippen molar-refractivity contribution in [3.8, 4) is 0 Å². The maximum absolute atomic E-state index is 12.2. The molecule has 0 spiro atoms. The fraction of sp³-hybridized carbons (Fsp3) is 0.0556.